The largest absolute Gasteiger partial charge is 0.488 e. The molecule has 7 heteroatoms. The van der Waals surface area contributed by atoms with Gasteiger partial charge in [0.1, 0.15) is 11.9 Å². The summed E-state index contributed by atoms with van der Waals surface area (Å²) in [5.41, 5.74) is 1.44. The zero-order chi connectivity index (χ0) is 19.6. The Kier molecular flexibility index (Phi) is 5.53. The Labute approximate surface area is 160 Å². The molecule has 1 N–H and O–H groups in total. The van der Waals surface area contributed by atoms with Crippen molar-refractivity contribution in [3.63, 3.8) is 0 Å². The highest BCUT2D eigenvalue weighted by molar-refractivity contribution is 7.89. The molecular weight excluding hydrogens is 364 g/mol. The Morgan fingerprint density at radius 3 is 2.67 bits per heavy atom. The van der Waals surface area contributed by atoms with Gasteiger partial charge in [0.2, 0.25) is 10.0 Å². The van der Waals surface area contributed by atoms with E-state index in [4.69, 9.17) is 4.74 Å². The summed E-state index contributed by atoms with van der Waals surface area (Å²) in [7, 11) is -2.10. The lowest BCUT2D eigenvalue weighted by molar-refractivity contribution is 0.0933. The summed E-state index contributed by atoms with van der Waals surface area (Å²) in [6, 6.07) is 13.7. The van der Waals surface area contributed by atoms with Crippen LogP contribution in [0.4, 0.5) is 0 Å². The normalized spacial score (nSPS) is 16.3. The van der Waals surface area contributed by atoms with Crippen LogP contribution in [0, 0.1) is 0 Å². The number of para-hydroxylation sites is 1. The van der Waals surface area contributed by atoms with E-state index in [1.54, 1.807) is 26.0 Å². The number of rotatable bonds is 6. The molecule has 0 saturated heterocycles. The Hall–Kier alpha value is -2.38. The van der Waals surface area contributed by atoms with Gasteiger partial charge in [-0.15, -0.1) is 0 Å². The van der Waals surface area contributed by atoms with Crippen molar-refractivity contribution in [3.8, 4) is 5.75 Å². The fraction of sp³-hybridized carbons (Fsp3) is 0.350. The van der Waals surface area contributed by atoms with Crippen LogP contribution in [0.1, 0.15) is 29.8 Å². The number of fused-ring (bicyclic) bond motifs is 1. The molecule has 1 heterocycles. The second kappa shape index (κ2) is 7.70. The van der Waals surface area contributed by atoms with Crippen molar-refractivity contribution in [2.75, 3.05) is 13.6 Å². The lowest BCUT2D eigenvalue weighted by Crippen LogP contribution is -2.35. The number of benzene rings is 2. The number of nitrogens with zero attached hydrogens (tertiary/aromatic N) is 1. The van der Waals surface area contributed by atoms with Gasteiger partial charge in [-0.1, -0.05) is 24.3 Å². The predicted octanol–water partition coefficient (Wildman–Crippen LogP) is 2.45. The molecule has 0 aliphatic carbocycles. The van der Waals surface area contributed by atoms with Crippen LogP contribution in [0.2, 0.25) is 0 Å². The predicted molar refractivity (Wildman–Crippen MR) is 103 cm³/mol. The molecule has 1 aliphatic heterocycles. The number of hydrogen-bond donors (Lipinski definition) is 1. The van der Waals surface area contributed by atoms with E-state index in [0.29, 0.717) is 12.1 Å². The van der Waals surface area contributed by atoms with Gasteiger partial charge < -0.3 is 10.1 Å². The average Bonchev–Trinajstić information content (AvgIpc) is 3.08. The second-order valence-electron chi connectivity index (χ2n) is 6.90. The van der Waals surface area contributed by atoms with Crippen LogP contribution in [0.5, 0.6) is 5.75 Å². The van der Waals surface area contributed by atoms with E-state index in [0.717, 1.165) is 17.7 Å². The van der Waals surface area contributed by atoms with Crippen LogP contribution >= 0.6 is 0 Å². The van der Waals surface area contributed by atoms with Gasteiger partial charge in [-0.3, -0.25) is 4.79 Å². The minimum Gasteiger partial charge on any atom is -0.488 e. The van der Waals surface area contributed by atoms with E-state index in [9.17, 15) is 13.2 Å². The van der Waals surface area contributed by atoms with Gasteiger partial charge in [-0.2, -0.15) is 4.31 Å². The van der Waals surface area contributed by atoms with Crippen molar-refractivity contribution in [3.05, 3.63) is 59.7 Å². The minimum atomic E-state index is -3.63. The van der Waals surface area contributed by atoms with Gasteiger partial charge in [-0.05, 0) is 43.7 Å². The number of nitrogens with one attached hydrogen (secondary N) is 1. The molecule has 1 unspecified atom stereocenters. The van der Waals surface area contributed by atoms with Gasteiger partial charge in [0.15, 0.2) is 0 Å². The molecule has 0 radical (unpaired) electrons. The number of carbonyl (C=O) groups is 1. The third kappa shape index (κ3) is 4.14. The highest BCUT2D eigenvalue weighted by Crippen LogP contribution is 2.27. The third-order valence-electron chi connectivity index (χ3n) is 4.70. The Balaban J connectivity index is 1.66. The standard InChI is InChI=1S/C20H24N2O4S/c1-14(2)22(3)27(24,25)18-9-6-8-16(12-18)20(23)21-13-17-11-15-7-4-5-10-19(15)26-17/h4-10,12,14,17H,11,13H2,1-3H3,(H,21,23). The first kappa shape index (κ1) is 19.4. The summed E-state index contributed by atoms with van der Waals surface area (Å²) < 4.78 is 32.3. The molecule has 3 rings (SSSR count). The molecule has 1 aliphatic rings. The average molecular weight is 388 g/mol. The second-order valence-corrected chi connectivity index (χ2v) is 8.90. The molecule has 0 fully saturated rings. The third-order valence-corrected chi connectivity index (χ3v) is 6.73. The number of sulfonamides is 1. The Morgan fingerprint density at radius 2 is 1.96 bits per heavy atom. The highest BCUT2D eigenvalue weighted by atomic mass is 32.2. The monoisotopic (exact) mass is 388 g/mol. The molecule has 2 aromatic rings. The summed E-state index contributed by atoms with van der Waals surface area (Å²) >= 11 is 0. The molecular formula is C20H24N2O4S. The highest BCUT2D eigenvalue weighted by Gasteiger charge is 2.25. The maximum absolute atomic E-state index is 12.6. The van der Waals surface area contributed by atoms with Crippen LogP contribution in [-0.4, -0.2) is 44.4 Å². The number of hydrogen-bond acceptors (Lipinski definition) is 4. The molecule has 27 heavy (non-hydrogen) atoms. The van der Waals surface area contributed by atoms with Gasteiger partial charge in [-0.25, -0.2) is 8.42 Å². The maximum atomic E-state index is 12.6. The topological polar surface area (TPSA) is 75.7 Å². The van der Waals surface area contributed by atoms with Crippen molar-refractivity contribution >= 4 is 15.9 Å². The van der Waals surface area contributed by atoms with Crippen LogP contribution in [0.3, 0.4) is 0 Å². The van der Waals surface area contributed by atoms with Crippen LogP contribution in [0.25, 0.3) is 0 Å². The smallest absolute Gasteiger partial charge is 0.251 e. The SMILES string of the molecule is CC(C)N(C)S(=O)(=O)c1cccc(C(=O)NCC2Cc3ccccc3O2)c1. The van der Waals surface area contributed by atoms with Gasteiger partial charge in [0.25, 0.3) is 5.91 Å². The zero-order valence-electron chi connectivity index (χ0n) is 15.7. The van der Waals surface area contributed by atoms with E-state index >= 15 is 0 Å². The molecule has 1 atom stereocenters. The van der Waals surface area contributed by atoms with Crippen LogP contribution < -0.4 is 10.1 Å². The summed E-state index contributed by atoms with van der Waals surface area (Å²) in [5.74, 6) is 0.528. The van der Waals surface area contributed by atoms with E-state index in [2.05, 4.69) is 5.32 Å². The van der Waals surface area contributed by atoms with E-state index in [1.807, 2.05) is 24.3 Å². The Bertz CT molecular complexity index is 916. The molecule has 1 amide bonds. The molecule has 0 bridgehead atoms. The fourth-order valence-electron chi connectivity index (χ4n) is 2.92. The van der Waals surface area contributed by atoms with Crippen LogP contribution in [0.15, 0.2) is 53.4 Å². The van der Waals surface area contributed by atoms with Crippen molar-refractivity contribution < 1.29 is 17.9 Å². The van der Waals surface area contributed by atoms with Crippen molar-refractivity contribution in [2.24, 2.45) is 0 Å². The minimum absolute atomic E-state index is 0.107. The number of carbonyl (C=O) groups excluding carboxylic acids is 1. The van der Waals surface area contributed by atoms with Crippen molar-refractivity contribution in [1.29, 1.82) is 0 Å². The summed E-state index contributed by atoms with van der Waals surface area (Å²) in [4.78, 5) is 12.6. The number of amides is 1. The summed E-state index contributed by atoms with van der Waals surface area (Å²) in [6.45, 7) is 3.96. The maximum Gasteiger partial charge on any atom is 0.251 e. The summed E-state index contributed by atoms with van der Waals surface area (Å²) in [6.07, 6.45) is 0.620. The molecule has 0 aromatic heterocycles. The molecule has 0 spiro atoms. The molecule has 0 saturated carbocycles. The lowest BCUT2D eigenvalue weighted by Gasteiger charge is -2.21. The summed E-state index contributed by atoms with van der Waals surface area (Å²) in [5, 5.41) is 2.83. The molecule has 2 aromatic carbocycles. The first-order valence-electron chi connectivity index (χ1n) is 8.90. The van der Waals surface area contributed by atoms with Crippen molar-refractivity contribution in [2.45, 2.75) is 37.3 Å². The van der Waals surface area contributed by atoms with Gasteiger partial charge in [0, 0.05) is 25.1 Å². The first-order valence-corrected chi connectivity index (χ1v) is 10.3. The van der Waals surface area contributed by atoms with E-state index in [-0.39, 0.29) is 22.9 Å². The van der Waals surface area contributed by atoms with E-state index in [1.165, 1.54) is 23.5 Å². The first-order chi connectivity index (χ1) is 12.8. The zero-order valence-corrected chi connectivity index (χ0v) is 16.5. The molecule has 144 valence electrons. The Morgan fingerprint density at radius 1 is 1.22 bits per heavy atom. The van der Waals surface area contributed by atoms with Gasteiger partial charge >= 0.3 is 0 Å². The quantitative estimate of drug-likeness (QED) is 0.825. The van der Waals surface area contributed by atoms with Gasteiger partial charge in [0.05, 0.1) is 11.4 Å². The number of ether oxygens (including phenoxy) is 1. The fourth-order valence-corrected chi connectivity index (χ4v) is 4.33. The lowest BCUT2D eigenvalue weighted by atomic mass is 10.1. The van der Waals surface area contributed by atoms with Crippen molar-refractivity contribution in [1.82, 2.24) is 9.62 Å². The van der Waals surface area contributed by atoms with E-state index < -0.39 is 10.0 Å². The van der Waals surface area contributed by atoms with Crippen LogP contribution in [-0.2, 0) is 16.4 Å². The molecule has 6 nitrogen and oxygen atoms in total.